The average molecular weight is 385 g/mol. The van der Waals surface area contributed by atoms with Crippen LogP contribution in [-0.2, 0) is 9.53 Å². The van der Waals surface area contributed by atoms with Crippen LogP contribution in [0.3, 0.4) is 0 Å². The molecule has 0 radical (unpaired) electrons. The lowest BCUT2D eigenvalue weighted by atomic mass is 9.83. The van der Waals surface area contributed by atoms with Crippen LogP contribution in [0.15, 0.2) is 0 Å². The summed E-state index contributed by atoms with van der Waals surface area (Å²) in [5.41, 5.74) is -0.725. The maximum absolute atomic E-state index is 12.8. The second-order valence-electron chi connectivity index (χ2n) is 9.42. The third-order valence-corrected chi connectivity index (χ3v) is 6.46. The van der Waals surface area contributed by atoms with Gasteiger partial charge in [-0.3, -0.25) is 4.79 Å². The Kier molecular flexibility index (Phi) is 6.92. The lowest BCUT2D eigenvalue weighted by Gasteiger charge is -2.38. The monoisotopic (exact) mass is 384 g/mol. The zero-order valence-corrected chi connectivity index (χ0v) is 18.2. The Morgan fingerprint density at radius 1 is 0.962 bits per heavy atom. The van der Waals surface area contributed by atoms with Gasteiger partial charge in [-0.2, -0.15) is 11.8 Å². The van der Waals surface area contributed by atoms with E-state index >= 15 is 0 Å². The molecular formula is C20H36N2O3S. The number of nitrogens with zero attached hydrogens (tertiary/aromatic N) is 2. The van der Waals surface area contributed by atoms with Crippen LogP contribution in [0.4, 0.5) is 4.79 Å². The van der Waals surface area contributed by atoms with Gasteiger partial charge in [0, 0.05) is 31.9 Å². The average Bonchev–Trinajstić information content (AvgIpc) is 3.03. The van der Waals surface area contributed by atoms with Crippen LogP contribution in [-0.4, -0.2) is 65.6 Å². The van der Waals surface area contributed by atoms with E-state index < -0.39 is 5.60 Å². The van der Waals surface area contributed by atoms with Gasteiger partial charge in [0.15, 0.2) is 0 Å². The summed E-state index contributed by atoms with van der Waals surface area (Å²) < 4.78 is 5.50. The van der Waals surface area contributed by atoms with Crippen LogP contribution in [0, 0.1) is 17.3 Å². The summed E-state index contributed by atoms with van der Waals surface area (Å²) >= 11 is 1.73. The first-order chi connectivity index (χ1) is 12.0. The van der Waals surface area contributed by atoms with E-state index in [1.807, 2.05) is 44.4 Å². The lowest BCUT2D eigenvalue weighted by molar-refractivity contribution is -0.140. The molecule has 2 saturated heterocycles. The van der Waals surface area contributed by atoms with E-state index in [-0.39, 0.29) is 17.4 Å². The predicted molar refractivity (Wildman–Crippen MR) is 107 cm³/mol. The first-order valence-corrected chi connectivity index (χ1v) is 11.2. The molecule has 0 aliphatic carbocycles. The normalized spacial score (nSPS) is 22.6. The van der Waals surface area contributed by atoms with Gasteiger partial charge in [0.25, 0.3) is 0 Å². The highest BCUT2D eigenvalue weighted by Gasteiger charge is 2.38. The summed E-state index contributed by atoms with van der Waals surface area (Å²) in [6.07, 6.45) is 5.02. The van der Waals surface area contributed by atoms with Crippen LogP contribution in [0.1, 0.15) is 53.9 Å². The minimum absolute atomic E-state index is 0.188. The van der Waals surface area contributed by atoms with E-state index in [0.29, 0.717) is 11.8 Å². The number of amides is 2. The Hall–Kier alpha value is -0.910. The maximum Gasteiger partial charge on any atom is 0.410 e. The summed E-state index contributed by atoms with van der Waals surface area (Å²) in [6, 6.07) is 0. The molecule has 0 aromatic carbocycles. The van der Waals surface area contributed by atoms with E-state index in [0.717, 1.165) is 51.2 Å². The molecular weight excluding hydrogens is 348 g/mol. The number of hydrogen-bond donors (Lipinski definition) is 0. The highest BCUT2D eigenvalue weighted by molar-refractivity contribution is 7.98. The second kappa shape index (κ2) is 8.41. The van der Waals surface area contributed by atoms with E-state index in [1.54, 1.807) is 11.8 Å². The van der Waals surface area contributed by atoms with Crippen molar-refractivity contribution >= 4 is 23.8 Å². The van der Waals surface area contributed by atoms with E-state index in [1.165, 1.54) is 0 Å². The quantitative estimate of drug-likeness (QED) is 0.738. The molecule has 0 bridgehead atoms. The second-order valence-corrected chi connectivity index (χ2v) is 10.3. The Bertz CT molecular complexity index is 508. The first-order valence-electron chi connectivity index (χ1n) is 9.80. The third-order valence-electron chi connectivity index (χ3n) is 5.45. The minimum Gasteiger partial charge on any atom is -0.444 e. The molecule has 2 rings (SSSR count). The molecule has 0 spiro atoms. The molecule has 150 valence electrons. The Labute approximate surface area is 163 Å². The fourth-order valence-electron chi connectivity index (χ4n) is 4.09. The summed E-state index contributed by atoms with van der Waals surface area (Å²) in [7, 11) is 0. The number of rotatable bonds is 4. The summed E-state index contributed by atoms with van der Waals surface area (Å²) in [5, 5.41) is 0. The number of carbonyl (C=O) groups is 2. The highest BCUT2D eigenvalue weighted by Crippen LogP contribution is 2.34. The van der Waals surface area contributed by atoms with Gasteiger partial charge in [-0.25, -0.2) is 4.79 Å². The van der Waals surface area contributed by atoms with Crippen molar-refractivity contribution < 1.29 is 14.3 Å². The largest absolute Gasteiger partial charge is 0.444 e. The Balaban J connectivity index is 1.82. The molecule has 6 heteroatoms. The number of carbonyl (C=O) groups excluding carboxylic acids is 2. The molecule has 1 unspecified atom stereocenters. The molecule has 2 heterocycles. The van der Waals surface area contributed by atoms with Crippen LogP contribution >= 0.6 is 11.8 Å². The summed E-state index contributed by atoms with van der Waals surface area (Å²) in [4.78, 5) is 28.9. The van der Waals surface area contributed by atoms with Crippen molar-refractivity contribution in [1.29, 1.82) is 0 Å². The first kappa shape index (κ1) is 21.4. The van der Waals surface area contributed by atoms with Gasteiger partial charge in [0.2, 0.25) is 5.91 Å². The highest BCUT2D eigenvalue weighted by atomic mass is 32.2. The predicted octanol–water partition coefficient (Wildman–Crippen LogP) is 3.87. The molecule has 1 atom stereocenters. The molecule has 2 aliphatic heterocycles. The topological polar surface area (TPSA) is 49.9 Å². The molecule has 2 amide bonds. The number of thioether (sulfide) groups is 1. The standard InChI is InChI=1S/C20H36N2O3S/c1-19(2,3)25-18(24)22-12-9-16(13-22)15-7-10-21(11-8-15)17(23)20(4,5)14-26-6/h15-16H,7-14H2,1-6H3. The summed E-state index contributed by atoms with van der Waals surface area (Å²) in [6.45, 7) is 13.1. The zero-order chi connectivity index (χ0) is 19.5. The molecule has 0 aromatic heterocycles. The van der Waals surface area contributed by atoms with Crippen LogP contribution in [0.25, 0.3) is 0 Å². The number of piperidine rings is 1. The van der Waals surface area contributed by atoms with E-state index in [9.17, 15) is 9.59 Å². The molecule has 26 heavy (non-hydrogen) atoms. The van der Waals surface area contributed by atoms with Crippen molar-refractivity contribution in [2.75, 3.05) is 38.2 Å². The van der Waals surface area contributed by atoms with Crippen molar-refractivity contribution in [2.24, 2.45) is 17.3 Å². The van der Waals surface area contributed by atoms with Gasteiger partial charge >= 0.3 is 6.09 Å². The SMILES string of the molecule is CSCC(C)(C)C(=O)N1CCC(C2CCN(C(=O)OC(C)(C)C)C2)CC1. The molecule has 0 aromatic rings. The Morgan fingerprint density at radius 2 is 1.50 bits per heavy atom. The fourth-order valence-corrected chi connectivity index (χ4v) is 4.93. The lowest BCUT2D eigenvalue weighted by Crippen LogP contribution is -2.47. The molecule has 2 aliphatic rings. The number of hydrogen-bond acceptors (Lipinski definition) is 4. The minimum atomic E-state index is -0.440. The molecule has 0 N–H and O–H groups in total. The van der Waals surface area contributed by atoms with Crippen molar-refractivity contribution in [2.45, 2.75) is 59.5 Å². The molecule has 0 saturated carbocycles. The van der Waals surface area contributed by atoms with Crippen LogP contribution in [0.2, 0.25) is 0 Å². The van der Waals surface area contributed by atoms with Crippen molar-refractivity contribution in [3.8, 4) is 0 Å². The zero-order valence-electron chi connectivity index (χ0n) is 17.3. The molecule has 5 nitrogen and oxygen atoms in total. The van der Waals surface area contributed by atoms with E-state index in [2.05, 4.69) is 6.26 Å². The van der Waals surface area contributed by atoms with Gasteiger partial charge in [0.05, 0.1) is 5.41 Å². The fraction of sp³-hybridized carbons (Fsp3) is 0.900. The van der Waals surface area contributed by atoms with Gasteiger partial charge < -0.3 is 14.5 Å². The van der Waals surface area contributed by atoms with Gasteiger partial charge in [0.1, 0.15) is 5.60 Å². The van der Waals surface area contributed by atoms with Gasteiger partial charge in [-0.1, -0.05) is 13.8 Å². The van der Waals surface area contributed by atoms with Crippen molar-refractivity contribution in [3.05, 3.63) is 0 Å². The number of ether oxygens (including phenoxy) is 1. The molecule has 2 fully saturated rings. The Morgan fingerprint density at radius 3 is 2.04 bits per heavy atom. The van der Waals surface area contributed by atoms with E-state index in [4.69, 9.17) is 4.74 Å². The van der Waals surface area contributed by atoms with Crippen molar-refractivity contribution in [1.82, 2.24) is 9.80 Å². The van der Waals surface area contributed by atoms with Crippen molar-refractivity contribution in [3.63, 3.8) is 0 Å². The maximum atomic E-state index is 12.8. The van der Waals surface area contributed by atoms with Crippen LogP contribution < -0.4 is 0 Å². The van der Waals surface area contributed by atoms with Gasteiger partial charge in [-0.05, 0) is 58.1 Å². The third kappa shape index (κ3) is 5.54. The number of likely N-dealkylation sites (tertiary alicyclic amines) is 2. The van der Waals surface area contributed by atoms with Gasteiger partial charge in [-0.15, -0.1) is 0 Å². The summed E-state index contributed by atoms with van der Waals surface area (Å²) in [5.74, 6) is 2.29. The smallest absolute Gasteiger partial charge is 0.410 e. The van der Waals surface area contributed by atoms with Crippen LogP contribution in [0.5, 0.6) is 0 Å².